The smallest absolute Gasteiger partial charge is 0.235 e. The van der Waals surface area contributed by atoms with Crippen molar-refractivity contribution in [3.05, 3.63) is 58.5 Å². The van der Waals surface area contributed by atoms with Gasteiger partial charge in [-0.3, -0.25) is 4.79 Å². The number of fused-ring (bicyclic) bond motifs is 1. The van der Waals surface area contributed by atoms with Crippen molar-refractivity contribution < 1.29 is 13.9 Å². The molecule has 0 bridgehead atoms. The average Bonchev–Trinajstić information content (AvgIpc) is 3.32. The van der Waals surface area contributed by atoms with E-state index in [9.17, 15) is 9.18 Å². The van der Waals surface area contributed by atoms with Crippen molar-refractivity contribution in [1.82, 2.24) is 4.98 Å². The van der Waals surface area contributed by atoms with Gasteiger partial charge in [0.25, 0.3) is 0 Å². The molecule has 1 saturated carbocycles. The first-order valence-corrected chi connectivity index (χ1v) is 8.75. The van der Waals surface area contributed by atoms with Crippen LogP contribution in [0.3, 0.4) is 0 Å². The van der Waals surface area contributed by atoms with Gasteiger partial charge >= 0.3 is 0 Å². The van der Waals surface area contributed by atoms with Crippen LogP contribution in [0.25, 0.3) is 10.9 Å². The van der Waals surface area contributed by atoms with E-state index in [1.54, 1.807) is 24.4 Å². The largest absolute Gasteiger partial charge is 0.495 e. The van der Waals surface area contributed by atoms with E-state index >= 15 is 0 Å². The molecular weight excluding hydrogens is 355 g/mol. The number of carbonyl (C=O) groups excluding carboxylic acids is 1. The van der Waals surface area contributed by atoms with Gasteiger partial charge in [0.1, 0.15) is 11.6 Å². The summed E-state index contributed by atoms with van der Waals surface area (Å²) in [4.78, 5) is 16.2. The number of H-pyrrole nitrogens is 1. The van der Waals surface area contributed by atoms with E-state index in [2.05, 4.69) is 10.3 Å². The zero-order chi connectivity index (χ0) is 18.5. The summed E-state index contributed by atoms with van der Waals surface area (Å²) < 4.78 is 18.8. The number of carbonyl (C=O) groups is 1. The predicted octanol–water partition coefficient (Wildman–Crippen LogP) is 4.95. The molecule has 0 radical (unpaired) electrons. The van der Waals surface area contributed by atoms with Crippen LogP contribution in [0.15, 0.2) is 36.5 Å². The molecule has 6 heteroatoms. The van der Waals surface area contributed by atoms with Crippen LogP contribution in [-0.4, -0.2) is 18.0 Å². The Morgan fingerprint density at radius 2 is 2.08 bits per heavy atom. The van der Waals surface area contributed by atoms with Gasteiger partial charge in [-0.05, 0) is 55.2 Å². The molecule has 1 aliphatic carbocycles. The molecule has 3 aromatic rings. The van der Waals surface area contributed by atoms with E-state index < -0.39 is 5.41 Å². The summed E-state index contributed by atoms with van der Waals surface area (Å²) in [6.07, 6.45) is 3.30. The number of amides is 1. The standard InChI is InChI=1S/C20H18ClFN2O2/c1-11-7-17(18(26-2)9-15(11)21)24-19(25)20(5-6-20)14-10-23-16-8-12(22)3-4-13(14)16/h3-4,7-10,23H,5-6H2,1-2H3,(H,24,25). The third-order valence-corrected chi connectivity index (χ3v) is 5.48. The second-order valence-electron chi connectivity index (χ2n) is 6.73. The Hall–Kier alpha value is -2.53. The van der Waals surface area contributed by atoms with E-state index in [4.69, 9.17) is 16.3 Å². The summed E-state index contributed by atoms with van der Waals surface area (Å²) in [5.41, 5.74) is 2.44. The average molecular weight is 373 g/mol. The molecule has 0 spiro atoms. The fraction of sp³-hybridized carbons (Fsp3) is 0.250. The Bertz CT molecular complexity index is 1020. The number of nitrogens with one attached hydrogen (secondary N) is 2. The third kappa shape index (κ3) is 2.63. The Morgan fingerprint density at radius 1 is 1.31 bits per heavy atom. The van der Waals surface area contributed by atoms with Crippen LogP contribution in [0.4, 0.5) is 10.1 Å². The number of benzene rings is 2. The highest BCUT2D eigenvalue weighted by Gasteiger charge is 2.52. The van der Waals surface area contributed by atoms with Crippen molar-refractivity contribution in [3.8, 4) is 5.75 Å². The third-order valence-electron chi connectivity index (χ3n) is 5.07. The van der Waals surface area contributed by atoms with Gasteiger partial charge in [0, 0.05) is 28.2 Å². The van der Waals surface area contributed by atoms with Crippen LogP contribution in [-0.2, 0) is 10.2 Å². The lowest BCUT2D eigenvalue weighted by Gasteiger charge is -2.17. The number of aromatic nitrogens is 1. The lowest BCUT2D eigenvalue weighted by atomic mass is 9.94. The Labute approximate surface area is 155 Å². The second-order valence-corrected chi connectivity index (χ2v) is 7.14. The van der Waals surface area contributed by atoms with Crippen LogP contribution in [0.1, 0.15) is 24.0 Å². The van der Waals surface area contributed by atoms with Gasteiger partial charge in [0.15, 0.2) is 0 Å². The molecule has 2 aromatic carbocycles. The first-order valence-electron chi connectivity index (χ1n) is 8.37. The second kappa shape index (κ2) is 6.02. The number of aromatic amines is 1. The summed E-state index contributed by atoms with van der Waals surface area (Å²) in [5.74, 6) is 0.120. The zero-order valence-electron chi connectivity index (χ0n) is 14.5. The van der Waals surface area contributed by atoms with Crippen molar-refractivity contribution in [3.63, 3.8) is 0 Å². The molecule has 0 saturated heterocycles. The Balaban J connectivity index is 1.69. The maximum absolute atomic E-state index is 13.4. The summed E-state index contributed by atoms with van der Waals surface area (Å²) in [6.45, 7) is 1.87. The van der Waals surface area contributed by atoms with Gasteiger partial charge in [-0.25, -0.2) is 4.39 Å². The molecular formula is C20H18ClFN2O2. The molecule has 1 aromatic heterocycles. The fourth-order valence-corrected chi connectivity index (χ4v) is 3.56. The molecule has 0 aliphatic heterocycles. The monoisotopic (exact) mass is 372 g/mol. The van der Waals surface area contributed by atoms with Gasteiger partial charge < -0.3 is 15.0 Å². The number of methoxy groups -OCH3 is 1. The molecule has 26 heavy (non-hydrogen) atoms. The fourth-order valence-electron chi connectivity index (χ4n) is 3.41. The number of hydrogen-bond donors (Lipinski definition) is 2. The maximum atomic E-state index is 13.4. The van der Waals surface area contributed by atoms with Gasteiger partial charge in [-0.15, -0.1) is 0 Å². The minimum atomic E-state index is -0.603. The van der Waals surface area contributed by atoms with Crippen molar-refractivity contribution in [2.24, 2.45) is 0 Å². The highest BCUT2D eigenvalue weighted by atomic mass is 35.5. The van der Waals surface area contributed by atoms with Crippen LogP contribution in [0.2, 0.25) is 5.02 Å². The quantitative estimate of drug-likeness (QED) is 0.681. The van der Waals surface area contributed by atoms with Crippen LogP contribution >= 0.6 is 11.6 Å². The molecule has 1 fully saturated rings. The van der Waals surface area contributed by atoms with Crippen LogP contribution < -0.4 is 10.1 Å². The van der Waals surface area contributed by atoms with Crippen LogP contribution in [0.5, 0.6) is 5.75 Å². The predicted molar refractivity (Wildman–Crippen MR) is 101 cm³/mol. The number of ether oxygens (including phenoxy) is 1. The molecule has 0 atom stereocenters. The zero-order valence-corrected chi connectivity index (χ0v) is 15.2. The molecule has 1 aliphatic rings. The number of rotatable bonds is 4. The minimum absolute atomic E-state index is 0.0947. The van der Waals surface area contributed by atoms with Crippen molar-refractivity contribution in [1.29, 1.82) is 0 Å². The van der Waals surface area contributed by atoms with Gasteiger partial charge in [0.05, 0.1) is 18.2 Å². The number of halogens is 2. The van der Waals surface area contributed by atoms with E-state index in [0.29, 0.717) is 22.0 Å². The topological polar surface area (TPSA) is 54.1 Å². The molecule has 4 nitrogen and oxygen atoms in total. The molecule has 4 rings (SSSR count). The summed E-state index contributed by atoms with van der Waals surface area (Å²) in [6, 6.07) is 8.08. The maximum Gasteiger partial charge on any atom is 0.235 e. The summed E-state index contributed by atoms with van der Waals surface area (Å²) in [7, 11) is 1.54. The normalized spacial score (nSPS) is 15.1. The minimum Gasteiger partial charge on any atom is -0.495 e. The number of aryl methyl sites for hydroxylation is 1. The van der Waals surface area contributed by atoms with E-state index in [0.717, 1.165) is 29.4 Å². The van der Waals surface area contributed by atoms with Crippen molar-refractivity contribution in [2.75, 3.05) is 12.4 Å². The number of anilines is 1. The molecule has 134 valence electrons. The lowest BCUT2D eigenvalue weighted by molar-refractivity contribution is -0.118. The first-order chi connectivity index (χ1) is 12.4. The SMILES string of the molecule is COc1cc(Cl)c(C)cc1NC(=O)C1(c2c[nH]c3cc(F)ccc23)CC1. The molecule has 1 heterocycles. The Kier molecular flexibility index (Phi) is 3.92. The molecule has 0 unspecified atom stereocenters. The van der Waals surface area contributed by atoms with E-state index in [-0.39, 0.29) is 11.7 Å². The van der Waals surface area contributed by atoms with Crippen LogP contribution in [0, 0.1) is 12.7 Å². The van der Waals surface area contributed by atoms with Crippen molar-refractivity contribution in [2.45, 2.75) is 25.2 Å². The highest BCUT2D eigenvalue weighted by molar-refractivity contribution is 6.31. The van der Waals surface area contributed by atoms with E-state index in [1.165, 1.54) is 19.2 Å². The highest BCUT2D eigenvalue weighted by Crippen LogP contribution is 2.51. The van der Waals surface area contributed by atoms with Crippen molar-refractivity contribution >= 4 is 34.1 Å². The number of hydrogen-bond acceptors (Lipinski definition) is 2. The molecule has 2 N–H and O–H groups in total. The van der Waals surface area contributed by atoms with E-state index in [1.807, 2.05) is 6.92 Å². The first kappa shape index (κ1) is 16.9. The summed E-state index contributed by atoms with van der Waals surface area (Å²) >= 11 is 6.14. The summed E-state index contributed by atoms with van der Waals surface area (Å²) in [5, 5.41) is 4.44. The molecule has 1 amide bonds. The van der Waals surface area contributed by atoms with Gasteiger partial charge in [0.2, 0.25) is 5.91 Å². The lowest BCUT2D eigenvalue weighted by Crippen LogP contribution is -2.27. The Morgan fingerprint density at radius 3 is 2.77 bits per heavy atom. The van der Waals surface area contributed by atoms with Gasteiger partial charge in [-0.2, -0.15) is 0 Å². The van der Waals surface area contributed by atoms with Gasteiger partial charge in [-0.1, -0.05) is 11.6 Å².